The van der Waals surface area contributed by atoms with Crippen LogP contribution in [0.4, 0.5) is 0 Å². The molecule has 0 amide bonds. The molecule has 0 saturated heterocycles. The van der Waals surface area contributed by atoms with E-state index in [9.17, 15) is 0 Å². The maximum Gasteiger partial charge on any atom is 0.235 e. The van der Waals surface area contributed by atoms with Crippen molar-refractivity contribution >= 4 is 205 Å². The SMILES string of the molecule is c1ccc(-c2cc(-c3ccccc3)cc(-n3c4ccccc4c4cc(-c5cc6cc7sc8ccccc8c7cc6c6ccccc56)ccc43)c2)cc1.c1ccc(-c2cc(-c3ccccc3)nc(-n3c4ccccc4c4cc(-c5cc6cc7oc8ccccc8c7cc6c6ccccc56)ccc43)n2)cc1.c1ccc(-n2c3ccccc3c3c(-c4cc5cc6oc7ccccc7c6cc5c5ccccc45)cccc32)cc1. The predicted molar refractivity (Wildman–Crippen MR) is 608 cm³/mol. The first-order valence-corrected chi connectivity index (χ1v) is 49.9. The summed E-state index contributed by atoms with van der Waals surface area (Å²) in [5.74, 6) is 0.644. The van der Waals surface area contributed by atoms with Crippen LogP contribution < -0.4 is 0 Å². The molecule has 24 aromatic carbocycles. The third kappa shape index (κ3) is 13.6. The zero-order valence-corrected chi connectivity index (χ0v) is 78.7. The summed E-state index contributed by atoms with van der Waals surface area (Å²) in [4.78, 5) is 10.4. The fourth-order valence-corrected chi connectivity index (χ4v) is 24.1. The highest BCUT2D eigenvalue weighted by Crippen LogP contribution is 2.50. The first-order chi connectivity index (χ1) is 71.4. The molecule has 0 N–H and O–H groups in total. The fraction of sp³-hybridized carbons (Fsp3) is 0. The van der Waals surface area contributed by atoms with Crippen molar-refractivity contribution in [2.45, 2.75) is 0 Å². The van der Waals surface area contributed by atoms with Crippen LogP contribution in [-0.2, 0) is 0 Å². The number of rotatable bonds is 10. The average Bonchev–Trinajstić information content (AvgIpc) is 1.52. The molecule has 0 radical (unpaired) electrons. The molecule has 0 aliphatic carbocycles. The Labute approximate surface area is 830 Å². The summed E-state index contributed by atoms with van der Waals surface area (Å²) in [7, 11) is 0. The zero-order chi connectivity index (χ0) is 94.6. The van der Waals surface area contributed by atoms with Gasteiger partial charge in [-0.25, -0.2) is 9.97 Å². The monoisotopic (exact) mass is 1850 g/mol. The van der Waals surface area contributed by atoms with Crippen molar-refractivity contribution in [3.05, 3.63) is 504 Å². The van der Waals surface area contributed by atoms with Gasteiger partial charge in [0.15, 0.2) is 0 Å². The molecule has 31 rings (SSSR count). The number of fused-ring (bicyclic) bond motifs is 27. The van der Waals surface area contributed by atoms with Crippen molar-refractivity contribution in [2.24, 2.45) is 0 Å². The fourth-order valence-electron chi connectivity index (χ4n) is 22.9. The number of hydrogen-bond donors (Lipinski definition) is 0. The lowest BCUT2D eigenvalue weighted by Gasteiger charge is -2.14. The lowest BCUT2D eigenvalue weighted by atomic mass is 9.90. The highest BCUT2D eigenvalue weighted by atomic mass is 32.1. The number of furan rings is 2. The molecule has 0 bridgehead atoms. The second-order valence-corrected chi connectivity index (χ2v) is 38.7. The highest BCUT2D eigenvalue weighted by Gasteiger charge is 2.26. The van der Waals surface area contributed by atoms with Crippen molar-refractivity contribution in [1.82, 2.24) is 23.7 Å². The van der Waals surface area contributed by atoms with Gasteiger partial charge >= 0.3 is 0 Å². The van der Waals surface area contributed by atoms with Crippen LogP contribution in [-0.4, -0.2) is 23.7 Å². The predicted octanol–water partition coefficient (Wildman–Crippen LogP) is 37.9. The van der Waals surface area contributed by atoms with Crippen LogP contribution in [0.15, 0.2) is 512 Å². The zero-order valence-electron chi connectivity index (χ0n) is 77.9. The summed E-state index contributed by atoms with van der Waals surface area (Å²) in [6.45, 7) is 0. The smallest absolute Gasteiger partial charge is 0.235 e. The summed E-state index contributed by atoms with van der Waals surface area (Å²) in [5.41, 5.74) is 28.9. The molecule has 144 heavy (non-hydrogen) atoms. The van der Waals surface area contributed by atoms with Gasteiger partial charge in [0.2, 0.25) is 5.95 Å². The van der Waals surface area contributed by atoms with E-state index in [1.54, 1.807) is 0 Å². The first kappa shape index (κ1) is 82.2. The van der Waals surface area contributed by atoms with Crippen molar-refractivity contribution < 1.29 is 8.83 Å². The second-order valence-electron chi connectivity index (χ2n) is 37.6. The molecule has 31 aromatic rings. The van der Waals surface area contributed by atoms with Gasteiger partial charge in [-0.1, -0.05) is 346 Å². The molecular formula is C136H83N5O2S. The Kier molecular flexibility index (Phi) is 19.1. The molecule has 0 aliphatic rings. The van der Waals surface area contributed by atoms with Crippen molar-refractivity contribution in [2.75, 3.05) is 0 Å². The first-order valence-electron chi connectivity index (χ1n) is 49.1. The van der Waals surface area contributed by atoms with E-state index in [0.717, 1.165) is 105 Å². The van der Waals surface area contributed by atoms with Crippen molar-refractivity contribution in [1.29, 1.82) is 0 Å². The average molecular weight is 1850 g/mol. The summed E-state index contributed by atoms with van der Waals surface area (Å²) in [6, 6.07) is 181. The molecule has 8 heteroatoms. The molecule has 7 aromatic heterocycles. The number of aromatic nitrogens is 5. The van der Waals surface area contributed by atoms with Gasteiger partial charge in [0.25, 0.3) is 0 Å². The van der Waals surface area contributed by atoms with Crippen LogP contribution in [0.25, 0.3) is 290 Å². The van der Waals surface area contributed by atoms with Gasteiger partial charge in [0, 0.05) is 96.5 Å². The van der Waals surface area contributed by atoms with Gasteiger partial charge in [-0.05, 0) is 278 Å². The van der Waals surface area contributed by atoms with Gasteiger partial charge in [0.05, 0.1) is 44.5 Å². The lowest BCUT2D eigenvalue weighted by Crippen LogP contribution is -2.04. The number of nitrogens with zero attached hydrogens (tertiary/aromatic N) is 5. The van der Waals surface area contributed by atoms with Crippen LogP contribution in [0, 0.1) is 0 Å². The minimum atomic E-state index is 0.644. The summed E-state index contributed by atoms with van der Waals surface area (Å²) in [5, 5.41) is 29.6. The van der Waals surface area contributed by atoms with Gasteiger partial charge in [-0.15, -0.1) is 11.3 Å². The van der Waals surface area contributed by atoms with Crippen LogP contribution >= 0.6 is 11.3 Å². The Morgan fingerprint density at radius 2 is 0.542 bits per heavy atom. The number of thiophene rings is 1. The molecular weight excluding hydrogens is 1770 g/mol. The van der Waals surface area contributed by atoms with Crippen molar-refractivity contribution in [3.8, 4) is 95.5 Å². The second kappa shape index (κ2) is 33.5. The van der Waals surface area contributed by atoms with E-state index >= 15 is 0 Å². The molecule has 0 unspecified atom stereocenters. The molecule has 0 spiro atoms. The van der Waals surface area contributed by atoms with E-state index in [-0.39, 0.29) is 0 Å². The largest absolute Gasteiger partial charge is 0.456 e. The van der Waals surface area contributed by atoms with E-state index in [1.165, 1.54) is 179 Å². The van der Waals surface area contributed by atoms with Crippen LogP contribution in [0.1, 0.15) is 0 Å². The van der Waals surface area contributed by atoms with Crippen molar-refractivity contribution in [3.63, 3.8) is 0 Å². The standard InChI is InChI=1S/C50H31NS.C48H29N3O.C38H23NO/c1-3-13-32(14-4-1)35-25-36(33-15-5-2-6-16-33)27-38(26-35)51-47-21-11-9-19-41(47)45-28-34(23-24-48(45)51)43-29-37-30-50-46(42-20-10-12-22-49(42)52-50)31-44(37)40-18-8-7-17-39(40)43;1-3-13-30(14-4-1)42-29-43(31-15-5-2-6-16-31)50-48(49-42)51-44-21-11-9-19-36(44)40-25-32(23-24-45(40)51)38-26-33-27-47-41(37-20-10-12-22-46(37)52-47)28-39(33)35-18-8-7-17-34(35)38;1-2-11-25(12-3-1)39-34-18-8-6-16-30(34)38-29(17-10-19-35(38)39)32-21-24-22-37-33(28-15-7-9-20-36(28)40-37)23-31(24)26-13-4-5-14-27(26)32/h1-31H;1-29H;1-23H. The van der Waals surface area contributed by atoms with Gasteiger partial charge < -0.3 is 18.0 Å². The quantitative estimate of drug-likeness (QED) is 0.128. The number of benzene rings is 24. The summed E-state index contributed by atoms with van der Waals surface area (Å²) < 4.78 is 22.3. The third-order valence-corrected chi connectivity index (χ3v) is 30.6. The Bertz CT molecular complexity index is 10100. The molecule has 0 atom stereocenters. The Morgan fingerprint density at radius 3 is 1.06 bits per heavy atom. The lowest BCUT2D eigenvalue weighted by molar-refractivity contribution is 0.669. The summed E-state index contributed by atoms with van der Waals surface area (Å²) in [6.07, 6.45) is 0. The minimum absolute atomic E-state index is 0.644. The number of hydrogen-bond acceptors (Lipinski definition) is 5. The Morgan fingerprint density at radius 1 is 0.167 bits per heavy atom. The van der Waals surface area contributed by atoms with Gasteiger partial charge in [-0.2, -0.15) is 0 Å². The molecule has 0 fully saturated rings. The van der Waals surface area contributed by atoms with E-state index in [0.29, 0.717) is 5.95 Å². The molecule has 670 valence electrons. The maximum absolute atomic E-state index is 6.33. The molecule has 0 aliphatic heterocycles. The molecule has 0 saturated carbocycles. The van der Waals surface area contributed by atoms with E-state index in [4.69, 9.17) is 18.8 Å². The highest BCUT2D eigenvalue weighted by molar-refractivity contribution is 7.25. The van der Waals surface area contributed by atoms with E-state index in [2.05, 4.69) is 481 Å². The Hall–Kier alpha value is -18.9. The van der Waals surface area contributed by atoms with Crippen LogP contribution in [0.2, 0.25) is 0 Å². The van der Waals surface area contributed by atoms with Crippen LogP contribution in [0.3, 0.4) is 0 Å². The number of para-hydroxylation sites is 6. The van der Waals surface area contributed by atoms with Crippen LogP contribution in [0.5, 0.6) is 0 Å². The third-order valence-electron chi connectivity index (χ3n) is 29.5. The van der Waals surface area contributed by atoms with Gasteiger partial charge in [0.1, 0.15) is 22.3 Å². The van der Waals surface area contributed by atoms with E-state index < -0.39 is 0 Å². The molecule has 7 heterocycles. The topological polar surface area (TPSA) is 66.8 Å². The normalized spacial score (nSPS) is 11.9. The van der Waals surface area contributed by atoms with Gasteiger partial charge in [-0.3, -0.25) is 4.57 Å². The summed E-state index contributed by atoms with van der Waals surface area (Å²) >= 11 is 1.88. The minimum Gasteiger partial charge on any atom is -0.456 e. The maximum atomic E-state index is 6.33. The molecule has 7 nitrogen and oxygen atoms in total. The van der Waals surface area contributed by atoms with E-state index in [1.807, 2.05) is 47.7 Å². The Balaban J connectivity index is 0.000000104.